The molecule has 0 atom stereocenters. The number of alkyl halides is 29. The first-order valence-electron chi connectivity index (χ1n) is 10.3. The van der Waals surface area contributed by atoms with Gasteiger partial charge in [0, 0.05) is 13.5 Å². The van der Waals surface area contributed by atoms with Crippen LogP contribution in [0.2, 0.25) is 0 Å². The summed E-state index contributed by atoms with van der Waals surface area (Å²) in [6.07, 6.45) is -20.5. The van der Waals surface area contributed by atoms with E-state index in [2.05, 4.69) is 4.74 Å². The molecule has 0 aromatic heterocycles. The fourth-order valence-electron chi connectivity index (χ4n) is 2.93. The van der Waals surface area contributed by atoms with Gasteiger partial charge < -0.3 is 4.74 Å². The van der Waals surface area contributed by atoms with E-state index >= 15 is 0 Å². The van der Waals surface area contributed by atoms with Gasteiger partial charge in [-0.3, -0.25) is 0 Å². The molecule has 47 heavy (non-hydrogen) atoms. The van der Waals surface area contributed by atoms with Gasteiger partial charge in [-0.2, -0.15) is 123 Å². The highest BCUT2D eigenvalue weighted by atomic mass is 19.4. The predicted octanol–water partition coefficient (Wildman–Crippen LogP) is 9.84. The van der Waals surface area contributed by atoms with E-state index in [1.165, 1.54) is 0 Å². The van der Waals surface area contributed by atoms with Crippen LogP contribution in [0.25, 0.3) is 0 Å². The van der Waals surface area contributed by atoms with E-state index in [4.69, 9.17) is 0 Å². The second-order valence-corrected chi connectivity index (χ2v) is 8.85. The van der Waals surface area contributed by atoms with Gasteiger partial charge >= 0.3 is 83.2 Å². The molecule has 0 aliphatic rings. The molecule has 0 N–H and O–H groups in total. The lowest BCUT2D eigenvalue weighted by molar-refractivity contribution is -0.489. The topological polar surface area (TPSA) is 9.23 Å². The molecule has 0 saturated carbocycles. The van der Waals surface area contributed by atoms with Crippen molar-refractivity contribution in [3.8, 4) is 0 Å². The van der Waals surface area contributed by atoms with Gasteiger partial charge in [0.1, 0.15) is 0 Å². The highest BCUT2D eigenvalue weighted by Gasteiger charge is 3.01. The molecule has 1 nitrogen and oxygen atoms in total. The molecule has 0 bridgehead atoms. The first kappa shape index (κ1) is 44.9. The van der Waals surface area contributed by atoms with Crippen molar-refractivity contribution >= 4 is 0 Å². The summed E-state index contributed by atoms with van der Waals surface area (Å²) in [6.45, 7) is -1.95. The summed E-state index contributed by atoms with van der Waals surface area (Å²) in [5.74, 6) is -102. The Hall–Kier alpha value is -2.07. The molecular weight excluding hydrogens is 771 g/mol. The second-order valence-electron chi connectivity index (χ2n) is 8.85. The van der Waals surface area contributed by atoms with Crippen molar-refractivity contribution in [3.05, 3.63) is 0 Å². The molecule has 0 rings (SSSR count). The lowest BCUT2D eigenvalue weighted by Crippen LogP contribution is -2.80. The van der Waals surface area contributed by atoms with Crippen LogP contribution < -0.4 is 0 Å². The van der Waals surface area contributed by atoms with Crippen molar-refractivity contribution in [2.24, 2.45) is 0 Å². The van der Waals surface area contributed by atoms with E-state index in [1.807, 2.05) is 0 Å². The number of methoxy groups -OCH3 is 1. The first-order chi connectivity index (χ1) is 19.8. The van der Waals surface area contributed by atoms with E-state index in [-0.39, 0.29) is 7.11 Å². The minimum atomic E-state index is -9.96. The van der Waals surface area contributed by atoms with Crippen LogP contribution in [0, 0.1) is 0 Å². The Morgan fingerprint density at radius 2 is 0.489 bits per heavy atom. The number of hydrogen-bond acceptors (Lipinski definition) is 1. The number of rotatable bonds is 14. The SMILES string of the molecule is COCCC(F)(F)C(F)(F)C(F)(F)C(F)(F)C(F)(F)C(F)(F)C(F)(F)C(F)(F)C(F)(F)C(F)(F)C(F)(F)C(F)(C(F)(F)F)C(F)(F)F. The first-order valence-corrected chi connectivity index (χ1v) is 10.3. The van der Waals surface area contributed by atoms with E-state index in [0.29, 0.717) is 0 Å². The molecular formula is C17H7F29O. The maximum absolute atomic E-state index is 13.8. The Morgan fingerprint density at radius 1 is 0.298 bits per heavy atom. The van der Waals surface area contributed by atoms with Crippen molar-refractivity contribution in [1.29, 1.82) is 0 Å². The van der Waals surface area contributed by atoms with Crippen LogP contribution in [0.15, 0.2) is 0 Å². The van der Waals surface area contributed by atoms with Crippen molar-refractivity contribution in [1.82, 2.24) is 0 Å². The Morgan fingerprint density at radius 3 is 0.681 bits per heavy atom. The Kier molecular flexibility index (Phi) is 10.7. The van der Waals surface area contributed by atoms with E-state index in [0.717, 1.165) is 0 Å². The molecule has 0 amide bonds. The molecule has 30 heteroatoms. The van der Waals surface area contributed by atoms with Gasteiger partial charge in [-0.15, -0.1) is 0 Å². The third-order valence-electron chi connectivity index (χ3n) is 5.84. The Bertz CT molecular complexity index is 1090. The summed E-state index contributed by atoms with van der Waals surface area (Å²) < 4.78 is 392. The molecule has 0 aromatic rings. The normalized spacial score (nSPS) is 17.0. The van der Waals surface area contributed by atoms with Crippen LogP contribution in [0.5, 0.6) is 0 Å². The maximum atomic E-state index is 13.8. The Balaban J connectivity index is 7.61. The zero-order valence-corrected chi connectivity index (χ0v) is 20.8. The predicted molar refractivity (Wildman–Crippen MR) is 86.9 cm³/mol. The van der Waals surface area contributed by atoms with Crippen molar-refractivity contribution in [2.45, 2.75) is 89.6 Å². The molecule has 0 aromatic carbocycles. The lowest BCUT2D eigenvalue weighted by Gasteiger charge is -2.47. The van der Waals surface area contributed by atoms with E-state index in [9.17, 15) is 127 Å². The quantitative estimate of drug-likeness (QED) is 0.160. The van der Waals surface area contributed by atoms with E-state index < -0.39 is 96.2 Å². The zero-order valence-electron chi connectivity index (χ0n) is 20.8. The van der Waals surface area contributed by atoms with Crippen LogP contribution in [0.1, 0.15) is 6.42 Å². The van der Waals surface area contributed by atoms with Crippen LogP contribution in [-0.2, 0) is 4.74 Å². The summed E-state index contributed by atoms with van der Waals surface area (Å²) in [5.41, 5.74) is -9.29. The summed E-state index contributed by atoms with van der Waals surface area (Å²) in [7, 11) is 0.257. The van der Waals surface area contributed by atoms with Crippen molar-refractivity contribution < 1.29 is 132 Å². The van der Waals surface area contributed by atoms with Crippen LogP contribution in [-0.4, -0.2) is 96.9 Å². The molecule has 0 spiro atoms. The van der Waals surface area contributed by atoms with Gasteiger partial charge in [0.15, 0.2) is 0 Å². The minimum Gasteiger partial charge on any atom is -0.384 e. The average Bonchev–Trinajstić information content (AvgIpc) is 2.84. The molecule has 0 aliphatic carbocycles. The molecule has 0 fully saturated rings. The highest BCUT2D eigenvalue weighted by Crippen LogP contribution is 2.69. The fraction of sp³-hybridized carbons (Fsp3) is 1.00. The number of hydrogen-bond donors (Lipinski definition) is 0. The van der Waals surface area contributed by atoms with Crippen molar-refractivity contribution in [2.75, 3.05) is 13.7 Å². The van der Waals surface area contributed by atoms with Gasteiger partial charge in [0.05, 0.1) is 6.61 Å². The Labute approximate surface area is 236 Å². The average molecular weight is 778 g/mol. The fourth-order valence-corrected chi connectivity index (χ4v) is 2.93. The van der Waals surface area contributed by atoms with Gasteiger partial charge in [0.25, 0.3) is 0 Å². The molecule has 0 unspecified atom stereocenters. The standard InChI is InChI=1S/C17H7F29O/c1-47-3-2-4(18,19)6(21,22)8(25,26)10(29,30)12(33,34)14(37,38)15(39,40)13(35,36)11(31,32)9(27,28)7(23,24)5(20,16(41,42)43)17(44,45)46/h2-3H2,1H3. The molecule has 284 valence electrons. The van der Waals surface area contributed by atoms with Gasteiger partial charge in [-0.25, -0.2) is 4.39 Å². The van der Waals surface area contributed by atoms with Gasteiger partial charge in [-0.05, 0) is 0 Å². The molecule has 0 saturated heterocycles. The number of halogens is 29. The van der Waals surface area contributed by atoms with Crippen LogP contribution in [0.3, 0.4) is 0 Å². The lowest BCUT2D eigenvalue weighted by atomic mass is 9.81. The van der Waals surface area contributed by atoms with Crippen molar-refractivity contribution in [3.63, 3.8) is 0 Å². The highest BCUT2D eigenvalue weighted by molar-refractivity contribution is 5.22. The number of ether oxygens (including phenoxy) is 1. The maximum Gasteiger partial charge on any atom is 0.438 e. The monoisotopic (exact) mass is 778 g/mol. The zero-order chi connectivity index (χ0) is 39.1. The third-order valence-corrected chi connectivity index (χ3v) is 5.84. The molecule has 0 heterocycles. The second kappa shape index (κ2) is 11.2. The van der Waals surface area contributed by atoms with Crippen LogP contribution >= 0.6 is 0 Å². The largest absolute Gasteiger partial charge is 0.438 e. The smallest absolute Gasteiger partial charge is 0.384 e. The molecule has 0 radical (unpaired) electrons. The minimum absolute atomic E-state index is 0.257. The summed E-state index contributed by atoms with van der Waals surface area (Å²) >= 11 is 0. The third kappa shape index (κ3) is 5.37. The van der Waals surface area contributed by atoms with E-state index in [1.54, 1.807) is 0 Å². The summed E-state index contributed by atoms with van der Waals surface area (Å²) in [5, 5.41) is 0. The van der Waals surface area contributed by atoms with Gasteiger partial charge in [0.2, 0.25) is 0 Å². The summed E-state index contributed by atoms with van der Waals surface area (Å²) in [6, 6.07) is 0. The summed E-state index contributed by atoms with van der Waals surface area (Å²) in [4.78, 5) is 0. The van der Waals surface area contributed by atoms with Gasteiger partial charge in [-0.1, -0.05) is 0 Å². The molecule has 0 aliphatic heterocycles. The van der Waals surface area contributed by atoms with Crippen LogP contribution in [0.4, 0.5) is 127 Å².